The Kier molecular flexibility index (Phi) is 3.25. The van der Waals surface area contributed by atoms with E-state index in [9.17, 15) is 19.1 Å². The van der Waals surface area contributed by atoms with Crippen LogP contribution in [0.25, 0.3) is 10.9 Å². The number of methoxy groups -OCH3 is 1. The number of aromatic nitrogens is 1. The molecule has 0 amide bonds. The molecule has 1 heterocycles. The Morgan fingerprint density at radius 1 is 1.35 bits per heavy atom. The van der Waals surface area contributed by atoms with Crippen LogP contribution in [-0.4, -0.2) is 28.8 Å². The van der Waals surface area contributed by atoms with Crippen molar-refractivity contribution in [3.05, 3.63) is 35.8 Å². The van der Waals surface area contributed by atoms with E-state index in [0.717, 1.165) is 4.57 Å². The third-order valence-corrected chi connectivity index (χ3v) is 3.34. The normalized spacial score (nSPS) is 11.6. The van der Waals surface area contributed by atoms with Crippen LogP contribution in [0.2, 0.25) is 0 Å². The van der Waals surface area contributed by atoms with Crippen molar-refractivity contribution >= 4 is 23.0 Å². The van der Waals surface area contributed by atoms with Gasteiger partial charge in [-0.05, 0) is 37.6 Å². The summed E-state index contributed by atoms with van der Waals surface area (Å²) in [7, 11) is 1.25. The van der Waals surface area contributed by atoms with E-state index in [4.69, 9.17) is 4.74 Å². The molecule has 1 aromatic heterocycles. The second-order valence-electron chi connectivity index (χ2n) is 4.97. The summed E-state index contributed by atoms with van der Waals surface area (Å²) in [5, 5.41) is 9.56. The van der Waals surface area contributed by atoms with Gasteiger partial charge in [0.05, 0.1) is 18.0 Å². The first-order valence-electron chi connectivity index (χ1n) is 5.92. The molecule has 1 N–H and O–H groups in total. The van der Waals surface area contributed by atoms with Crippen LogP contribution in [0, 0.1) is 5.82 Å². The summed E-state index contributed by atoms with van der Waals surface area (Å²) < 4.78 is 19.1. The maximum Gasteiger partial charge on any atom is 0.416 e. The smallest absolute Gasteiger partial charge is 0.416 e. The van der Waals surface area contributed by atoms with Crippen molar-refractivity contribution in [2.24, 2.45) is 0 Å². The van der Waals surface area contributed by atoms with Gasteiger partial charge in [0.15, 0.2) is 0 Å². The number of esters is 1. The van der Waals surface area contributed by atoms with Gasteiger partial charge in [0, 0.05) is 11.6 Å². The van der Waals surface area contributed by atoms with Gasteiger partial charge in [0.1, 0.15) is 5.82 Å². The number of nitrogens with zero attached hydrogens (tertiary/aromatic N) is 1. The highest BCUT2D eigenvalue weighted by Gasteiger charge is 2.34. The number of hydrogen-bond acceptors (Lipinski definition) is 3. The fraction of sp³-hybridized carbons (Fsp3) is 0.286. The first kappa shape index (κ1) is 14.0. The van der Waals surface area contributed by atoms with Crippen LogP contribution in [0.5, 0.6) is 0 Å². The van der Waals surface area contributed by atoms with Crippen molar-refractivity contribution in [3.8, 4) is 0 Å². The molecule has 2 aromatic rings. The Hall–Kier alpha value is -2.37. The van der Waals surface area contributed by atoms with E-state index in [1.54, 1.807) is 13.8 Å². The van der Waals surface area contributed by atoms with Crippen molar-refractivity contribution in [2.45, 2.75) is 19.3 Å². The zero-order valence-corrected chi connectivity index (χ0v) is 11.3. The monoisotopic (exact) mass is 279 g/mol. The van der Waals surface area contributed by atoms with E-state index >= 15 is 0 Å². The van der Waals surface area contributed by atoms with Gasteiger partial charge in [0.25, 0.3) is 0 Å². The van der Waals surface area contributed by atoms with Gasteiger partial charge in [-0.1, -0.05) is 0 Å². The predicted octanol–water partition coefficient (Wildman–Crippen LogP) is 2.76. The number of carbonyl (C=O) groups is 2. The van der Waals surface area contributed by atoms with Gasteiger partial charge in [-0.15, -0.1) is 0 Å². The largest absolute Gasteiger partial charge is 0.468 e. The third kappa shape index (κ3) is 2.03. The van der Waals surface area contributed by atoms with Gasteiger partial charge in [-0.2, -0.15) is 0 Å². The minimum Gasteiger partial charge on any atom is -0.468 e. The van der Waals surface area contributed by atoms with E-state index in [-0.39, 0.29) is 0 Å². The minimum absolute atomic E-state index is 0.325. The SMILES string of the molecule is COC(=O)C(C)(C)c1cn(C(=O)O)c2ccc(F)cc12. The minimum atomic E-state index is -1.20. The Morgan fingerprint density at radius 2 is 2.00 bits per heavy atom. The average Bonchev–Trinajstić information content (AvgIpc) is 2.76. The number of fused-ring (bicyclic) bond motifs is 1. The molecule has 0 aliphatic rings. The summed E-state index contributed by atoms with van der Waals surface area (Å²) in [4.78, 5) is 23.1. The molecule has 106 valence electrons. The lowest BCUT2D eigenvalue weighted by atomic mass is 9.84. The van der Waals surface area contributed by atoms with E-state index in [2.05, 4.69) is 0 Å². The number of benzene rings is 1. The molecular formula is C14H14FNO4. The maximum atomic E-state index is 13.4. The molecule has 0 aliphatic carbocycles. The summed E-state index contributed by atoms with van der Waals surface area (Å²) >= 11 is 0. The van der Waals surface area contributed by atoms with Crippen molar-refractivity contribution in [1.29, 1.82) is 0 Å². The summed E-state index contributed by atoms with van der Waals surface area (Å²) in [6, 6.07) is 3.77. The predicted molar refractivity (Wildman–Crippen MR) is 70.4 cm³/mol. The fourth-order valence-corrected chi connectivity index (χ4v) is 2.22. The van der Waals surface area contributed by atoms with Crippen LogP contribution in [0.15, 0.2) is 24.4 Å². The van der Waals surface area contributed by atoms with Crippen LogP contribution < -0.4 is 0 Å². The van der Waals surface area contributed by atoms with Crippen molar-refractivity contribution in [2.75, 3.05) is 7.11 Å². The summed E-state index contributed by atoms with van der Waals surface area (Å²) in [6.45, 7) is 3.20. The van der Waals surface area contributed by atoms with Gasteiger partial charge in [0.2, 0.25) is 0 Å². The molecule has 0 spiro atoms. The van der Waals surface area contributed by atoms with E-state index in [1.165, 1.54) is 31.5 Å². The first-order valence-corrected chi connectivity index (χ1v) is 5.92. The fourth-order valence-electron chi connectivity index (χ4n) is 2.22. The van der Waals surface area contributed by atoms with E-state index in [1.807, 2.05) is 0 Å². The quantitative estimate of drug-likeness (QED) is 0.858. The Balaban J connectivity index is 2.79. The molecule has 0 atom stereocenters. The topological polar surface area (TPSA) is 68.5 Å². The Morgan fingerprint density at radius 3 is 2.55 bits per heavy atom. The highest BCUT2D eigenvalue weighted by Crippen LogP contribution is 2.33. The Labute approximate surface area is 114 Å². The number of carboxylic acid groups (broad SMARTS) is 1. The molecule has 0 saturated heterocycles. The molecule has 0 fully saturated rings. The highest BCUT2D eigenvalue weighted by molar-refractivity contribution is 5.96. The summed E-state index contributed by atoms with van der Waals surface area (Å²) in [6.07, 6.45) is 0.122. The molecule has 1 aromatic carbocycles. The molecule has 5 nitrogen and oxygen atoms in total. The molecule has 0 unspecified atom stereocenters. The number of ether oxygens (including phenoxy) is 1. The van der Waals surface area contributed by atoms with E-state index in [0.29, 0.717) is 16.5 Å². The van der Waals surface area contributed by atoms with Crippen molar-refractivity contribution in [3.63, 3.8) is 0 Å². The third-order valence-electron chi connectivity index (χ3n) is 3.34. The second kappa shape index (κ2) is 4.63. The average molecular weight is 279 g/mol. The Bertz CT molecular complexity index is 703. The zero-order chi connectivity index (χ0) is 15.1. The van der Waals surface area contributed by atoms with Crippen molar-refractivity contribution in [1.82, 2.24) is 4.57 Å². The van der Waals surface area contributed by atoms with Crippen LogP contribution in [-0.2, 0) is 14.9 Å². The number of halogens is 1. The second-order valence-corrected chi connectivity index (χ2v) is 4.97. The molecule has 20 heavy (non-hydrogen) atoms. The molecule has 2 rings (SSSR count). The molecule has 0 aliphatic heterocycles. The molecule has 0 saturated carbocycles. The summed E-state index contributed by atoms with van der Waals surface area (Å²) in [5.74, 6) is -1.02. The number of hydrogen-bond donors (Lipinski definition) is 1. The van der Waals surface area contributed by atoms with Gasteiger partial charge < -0.3 is 9.84 Å². The lowest BCUT2D eigenvalue weighted by Crippen LogP contribution is -2.30. The standard InChI is InChI=1S/C14H14FNO4/c1-14(2,12(17)20-3)10-7-16(13(18)19)11-5-4-8(15)6-9(10)11/h4-7H,1-3H3,(H,18,19). The maximum absolute atomic E-state index is 13.4. The summed E-state index contributed by atoms with van der Waals surface area (Å²) in [5.41, 5.74) is -0.353. The van der Waals surface area contributed by atoms with E-state index < -0.39 is 23.3 Å². The molecular weight excluding hydrogens is 265 g/mol. The highest BCUT2D eigenvalue weighted by atomic mass is 19.1. The molecule has 0 radical (unpaired) electrons. The van der Waals surface area contributed by atoms with Crippen LogP contribution in [0.1, 0.15) is 19.4 Å². The number of carbonyl (C=O) groups excluding carboxylic acids is 1. The lowest BCUT2D eigenvalue weighted by Gasteiger charge is -2.20. The van der Waals surface area contributed by atoms with Crippen LogP contribution in [0.3, 0.4) is 0 Å². The lowest BCUT2D eigenvalue weighted by molar-refractivity contribution is -0.146. The van der Waals surface area contributed by atoms with Crippen LogP contribution >= 0.6 is 0 Å². The zero-order valence-electron chi connectivity index (χ0n) is 11.3. The number of rotatable bonds is 2. The van der Waals surface area contributed by atoms with Gasteiger partial charge >= 0.3 is 12.1 Å². The van der Waals surface area contributed by atoms with Gasteiger partial charge in [-0.3, -0.25) is 9.36 Å². The van der Waals surface area contributed by atoms with Gasteiger partial charge in [-0.25, -0.2) is 9.18 Å². The first-order chi connectivity index (χ1) is 9.28. The van der Waals surface area contributed by atoms with Crippen molar-refractivity contribution < 1.29 is 23.8 Å². The van der Waals surface area contributed by atoms with Crippen LogP contribution in [0.4, 0.5) is 9.18 Å². The molecule has 0 bridgehead atoms. The molecule has 6 heteroatoms.